The lowest BCUT2D eigenvalue weighted by Crippen LogP contribution is -2.00. The van der Waals surface area contributed by atoms with Crippen molar-refractivity contribution in [1.82, 2.24) is 0 Å². The van der Waals surface area contributed by atoms with E-state index in [-0.39, 0.29) is 30.2 Å². The van der Waals surface area contributed by atoms with E-state index < -0.39 is 11.9 Å². The Hall–Kier alpha value is -2.18. The smallest absolute Gasteiger partial charge is 0.310 e. The summed E-state index contributed by atoms with van der Waals surface area (Å²) < 4.78 is 0. The number of carbonyl (C=O) groups excluding carboxylic acids is 2. The molecule has 0 saturated carbocycles. The zero-order valence-electron chi connectivity index (χ0n) is 10.6. The number of carboxylic acid groups (broad SMARTS) is 2. The molecule has 18 heavy (non-hydrogen) atoms. The van der Waals surface area contributed by atoms with E-state index in [1.807, 2.05) is 0 Å². The van der Waals surface area contributed by atoms with Gasteiger partial charge in [0.25, 0.3) is 0 Å². The van der Waals surface area contributed by atoms with Crippen LogP contribution in [0.2, 0.25) is 0 Å². The lowest BCUT2D eigenvalue weighted by Gasteiger charge is -1.92. The Bertz CT molecular complexity index is 263. The third-order valence-corrected chi connectivity index (χ3v) is 0.800. The highest BCUT2D eigenvalue weighted by Gasteiger charge is 1.98. The molecule has 104 valence electrons. The largest absolute Gasteiger partial charge is 0.876 e. The van der Waals surface area contributed by atoms with Crippen LogP contribution >= 0.6 is 0 Å². The molecule has 0 aromatic rings. The van der Waals surface area contributed by atoms with Gasteiger partial charge in [-0.1, -0.05) is 6.92 Å². The fourth-order valence-corrected chi connectivity index (χ4v) is 0.426. The molecule has 0 saturated heterocycles. The van der Waals surface area contributed by atoms with Crippen molar-refractivity contribution in [2.24, 2.45) is 0 Å². The first-order valence-electron chi connectivity index (χ1n) is 4.74. The van der Waals surface area contributed by atoms with Gasteiger partial charge in [0, 0.05) is 0 Å². The van der Waals surface area contributed by atoms with Crippen LogP contribution in [0.4, 0.5) is 0 Å². The Morgan fingerprint density at radius 3 is 1.06 bits per heavy atom. The predicted octanol–water partition coefficient (Wildman–Crippen LogP) is -0.0195. The predicted molar refractivity (Wildman–Crippen MR) is 60.7 cm³/mol. The average molecular weight is 261 g/mol. The van der Waals surface area contributed by atoms with E-state index in [9.17, 15) is 24.3 Å². The first-order valence-corrected chi connectivity index (χ1v) is 4.74. The van der Waals surface area contributed by atoms with Crippen molar-refractivity contribution in [3.8, 4) is 0 Å². The Morgan fingerprint density at radius 1 is 0.889 bits per heavy atom. The number of aliphatic carboxylic acids is 2. The maximum absolute atomic E-state index is 9.87. The van der Waals surface area contributed by atoms with Crippen molar-refractivity contribution < 1.29 is 34.5 Å². The van der Waals surface area contributed by atoms with Crippen LogP contribution in [0, 0.1) is 0 Å². The van der Waals surface area contributed by atoms with Crippen molar-refractivity contribution in [3.05, 3.63) is 12.3 Å². The molecule has 0 fully saturated rings. The van der Waals surface area contributed by atoms with Gasteiger partial charge in [-0.3, -0.25) is 19.2 Å². The SMILES string of the molecule is C=C(C)[O-].CC(=O)CC(=O)O.CC(=O)CC(=O)O. The van der Waals surface area contributed by atoms with Crippen LogP contribution in [0.5, 0.6) is 0 Å². The minimum Gasteiger partial charge on any atom is -0.876 e. The van der Waals surface area contributed by atoms with E-state index >= 15 is 0 Å². The van der Waals surface area contributed by atoms with Crippen LogP contribution in [0.15, 0.2) is 12.3 Å². The molecule has 7 nitrogen and oxygen atoms in total. The van der Waals surface area contributed by atoms with Crippen LogP contribution in [0.25, 0.3) is 0 Å². The Morgan fingerprint density at radius 2 is 1.06 bits per heavy atom. The lowest BCUT2D eigenvalue weighted by molar-refractivity contribution is -0.300. The molecule has 0 aliphatic heterocycles. The number of allylic oxidation sites excluding steroid dienone is 1. The standard InChI is InChI=1S/2C4H6O3.C3H6O/c2*1-3(5)2-4(6)7;1-3(2)4/h2*2H2,1H3,(H,6,7);4H,1H2,2H3/p-1. The van der Waals surface area contributed by atoms with E-state index in [0.717, 1.165) is 0 Å². The van der Waals surface area contributed by atoms with Crippen LogP contribution in [-0.2, 0) is 19.2 Å². The van der Waals surface area contributed by atoms with Gasteiger partial charge in [0.05, 0.1) is 0 Å². The molecule has 0 amide bonds. The highest BCUT2D eigenvalue weighted by atomic mass is 16.4. The number of carboxylic acids is 2. The molecule has 0 radical (unpaired) electrons. The topological polar surface area (TPSA) is 132 Å². The monoisotopic (exact) mass is 261 g/mol. The van der Waals surface area contributed by atoms with Crippen molar-refractivity contribution in [3.63, 3.8) is 0 Å². The Balaban J connectivity index is -0.000000196. The molecular formula is C11H17O7-. The summed E-state index contributed by atoms with van der Waals surface area (Å²) in [6, 6.07) is 0. The molecule has 0 rings (SSSR count). The summed E-state index contributed by atoms with van der Waals surface area (Å²) in [7, 11) is 0. The van der Waals surface area contributed by atoms with E-state index in [1.54, 1.807) is 0 Å². The highest BCUT2D eigenvalue weighted by molar-refractivity contribution is 5.93. The molecular weight excluding hydrogens is 244 g/mol. The molecule has 7 heteroatoms. The summed E-state index contributed by atoms with van der Waals surface area (Å²) in [6.45, 7) is 6.90. The fraction of sp³-hybridized carbons (Fsp3) is 0.455. The third-order valence-electron chi connectivity index (χ3n) is 0.800. The zero-order valence-corrected chi connectivity index (χ0v) is 10.6. The summed E-state index contributed by atoms with van der Waals surface area (Å²) in [6.07, 6.45) is -0.722. The number of Topliss-reactive ketones (excluding diaryl/α,β-unsaturated/α-hetero) is 2. The van der Waals surface area contributed by atoms with Gasteiger partial charge >= 0.3 is 11.9 Å². The van der Waals surface area contributed by atoms with Crippen molar-refractivity contribution in [2.75, 3.05) is 0 Å². The van der Waals surface area contributed by atoms with Crippen molar-refractivity contribution >= 4 is 23.5 Å². The van der Waals surface area contributed by atoms with Crippen LogP contribution in [0.1, 0.15) is 33.6 Å². The normalized spacial score (nSPS) is 7.72. The number of hydrogen-bond donors (Lipinski definition) is 2. The summed E-state index contributed by atoms with van der Waals surface area (Å²) >= 11 is 0. The molecule has 0 spiro atoms. The van der Waals surface area contributed by atoms with E-state index in [0.29, 0.717) is 0 Å². The number of rotatable bonds is 4. The minimum atomic E-state index is -1.06. The van der Waals surface area contributed by atoms with Gasteiger partial charge in [-0.15, -0.1) is 12.3 Å². The minimum absolute atomic E-state index is 0.0833. The van der Waals surface area contributed by atoms with Gasteiger partial charge < -0.3 is 15.3 Å². The molecule has 0 heterocycles. The zero-order chi connectivity index (χ0) is 15.3. The van der Waals surface area contributed by atoms with Crippen LogP contribution in [0.3, 0.4) is 0 Å². The third kappa shape index (κ3) is 67.1. The highest BCUT2D eigenvalue weighted by Crippen LogP contribution is 1.78. The Kier molecular flexibility index (Phi) is 15.1. The second-order valence-electron chi connectivity index (χ2n) is 3.25. The number of ketones is 2. The maximum atomic E-state index is 9.87. The number of carbonyl (C=O) groups is 4. The van der Waals surface area contributed by atoms with E-state index in [4.69, 9.17) is 10.2 Å². The molecule has 0 aromatic heterocycles. The molecule has 0 aliphatic carbocycles. The van der Waals surface area contributed by atoms with Gasteiger partial charge in [-0.05, 0) is 13.8 Å². The average Bonchev–Trinajstić information content (AvgIpc) is 1.96. The summed E-state index contributed by atoms with van der Waals surface area (Å²) in [4.78, 5) is 38.9. The van der Waals surface area contributed by atoms with E-state index in [2.05, 4.69) is 6.58 Å². The lowest BCUT2D eigenvalue weighted by atomic mass is 10.3. The number of hydrogen-bond acceptors (Lipinski definition) is 5. The Labute approximate surface area is 105 Å². The molecule has 0 atom stereocenters. The second-order valence-corrected chi connectivity index (χ2v) is 3.25. The van der Waals surface area contributed by atoms with Crippen LogP contribution < -0.4 is 5.11 Å². The molecule has 2 N–H and O–H groups in total. The van der Waals surface area contributed by atoms with Gasteiger partial charge in [-0.25, -0.2) is 0 Å². The molecule has 0 bridgehead atoms. The van der Waals surface area contributed by atoms with Crippen molar-refractivity contribution in [1.29, 1.82) is 0 Å². The molecule has 0 aromatic carbocycles. The van der Waals surface area contributed by atoms with Gasteiger partial charge in [0.2, 0.25) is 0 Å². The van der Waals surface area contributed by atoms with E-state index in [1.165, 1.54) is 20.8 Å². The first-order chi connectivity index (χ1) is 7.98. The van der Waals surface area contributed by atoms with Gasteiger partial charge in [-0.2, -0.15) is 0 Å². The fourth-order valence-electron chi connectivity index (χ4n) is 0.426. The first kappa shape index (κ1) is 21.1. The summed E-state index contributed by atoms with van der Waals surface area (Å²) in [5, 5.41) is 25.1. The quantitative estimate of drug-likeness (QED) is 0.536. The van der Waals surface area contributed by atoms with Crippen LogP contribution in [-0.4, -0.2) is 33.7 Å². The maximum Gasteiger partial charge on any atom is 0.310 e. The summed E-state index contributed by atoms with van der Waals surface area (Å²) in [5.74, 6) is -2.83. The molecule has 0 aliphatic rings. The van der Waals surface area contributed by atoms with Gasteiger partial charge in [0.15, 0.2) is 0 Å². The second kappa shape index (κ2) is 12.9. The molecule has 0 unspecified atom stereocenters. The van der Waals surface area contributed by atoms with Gasteiger partial charge in [0.1, 0.15) is 24.4 Å². The summed E-state index contributed by atoms with van der Waals surface area (Å²) in [5.41, 5.74) is 0. The van der Waals surface area contributed by atoms with Crippen molar-refractivity contribution in [2.45, 2.75) is 33.6 Å².